The van der Waals surface area contributed by atoms with Crippen LogP contribution in [-0.4, -0.2) is 12.5 Å². The zero-order valence-electron chi connectivity index (χ0n) is 10.1. The molecule has 1 unspecified atom stereocenters. The molecule has 1 aromatic carbocycles. The van der Waals surface area contributed by atoms with Gasteiger partial charge in [-0.3, -0.25) is 4.79 Å². The van der Waals surface area contributed by atoms with Crippen LogP contribution in [0.2, 0.25) is 0 Å². The van der Waals surface area contributed by atoms with Crippen LogP contribution in [0.25, 0.3) is 0 Å². The van der Waals surface area contributed by atoms with Crippen LogP contribution in [0.1, 0.15) is 37.7 Å². The molecular weight excluding hydrogens is 210 g/mol. The summed E-state index contributed by atoms with van der Waals surface area (Å²) in [6.45, 7) is 0.869. The molecule has 2 nitrogen and oxygen atoms in total. The predicted octanol–water partition coefficient (Wildman–Crippen LogP) is 2.63. The number of rotatable bonds is 2. The van der Waals surface area contributed by atoms with Crippen molar-refractivity contribution in [2.45, 2.75) is 37.5 Å². The van der Waals surface area contributed by atoms with E-state index in [0.717, 1.165) is 13.0 Å². The second-order valence-corrected chi connectivity index (χ2v) is 5.43. The molecule has 1 heterocycles. The van der Waals surface area contributed by atoms with Crippen molar-refractivity contribution in [1.82, 2.24) is 5.32 Å². The van der Waals surface area contributed by atoms with Gasteiger partial charge in [0.25, 0.3) is 0 Å². The lowest BCUT2D eigenvalue weighted by atomic mass is 9.68. The van der Waals surface area contributed by atoms with Crippen molar-refractivity contribution in [3.05, 3.63) is 35.9 Å². The number of amides is 1. The Morgan fingerprint density at radius 2 is 1.82 bits per heavy atom. The van der Waals surface area contributed by atoms with Crippen LogP contribution in [0.15, 0.2) is 30.3 Å². The Kier molecular flexibility index (Phi) is 2.65. The van der Waals surface area contributed by atoms with Crippen molar-refractivity contribution in [2.24, 2.45) is 5.92 Å². The standard InChI is InChI=1S/C15H19NO/c17-14-10-13(11-16-14)15(8-4-5-9-15)12-6-2-1-3-7-12/h1-3,6-7,13H,4-5,8-11H2,(H,16,17). The number of carbonyl (C=O) groups is 1. The first kappa shape index (κ1) is 10.8. The minimum Gasteiger partial charge on any atom is -0.356 e. The average Bonchev–Trinajstić information content (AvgIpc) is 2.99. The summed E-state index contributed by atoms with van der Waals surface area (Å²) < 4.78 is 0. The average molecular weight is 229 g/mol. The highest BCUT2D eigenvalue weighted by Crippen LogP contribution is 2.48. The fraction of sp³-hybridized carbons (Fsp3) is 0.533. The third-order valence-electron chi connectivity index (χ3n) is 4.60. The largest absolute Gasteiger partial charge is 0.356 e. The molecule has 90 valence electrons. The summed E-state index contributed by atoms with van der Waals surface area (Å²) in [6, 6.07) is 10.8. The number of nitrogens with one attached hydrogen (secondary N) is 1. The first-order chi connectivity index (χ1) is 8.31. The molecule has 1 amide bonds. The van der Waals surface area contributed by atoms with E-state index < -0.39 is 0 Å². The molecule has 1 saturated heterocycles. The number of hydrogen-bond donors (Lipinski definition) is 1. The monoisotopic (exact) mass is 229 g/mol. The zero-order valence-corrected chi connectivity index (χ0v) is 10.1. The molecule has 1 saturated carbocycles. The molecule has 0 radical (unpaired) electrons. The molecule has 3 rings (SSSR count). The summed E-state index contributed by atoms with van der Waals surface area (Å²) in [7, 11) is 0. The minimum atomic E-state index is 0.234. The van der Waals surface area contributed by atoms with E-state index in [1.165, 1.54) is 31.2 Å². The highest BCUT2D eigenvalue weighted by molar-refractivity contribution is 5.78. The molecule has 0 aromatic heterocycles. The topological polar surface area (TPSA) is 29.1 Å². The zero-order chi connectivity index (χ0) is 11.7. The number of hydrogen-bond acceptors (Lipinski definition) is 1. The van der Waals surface area contributed by atoms with Gasteiger partial charge < -0.3 is 5.32 Å². The van der Waals surface area contributed by atoms with Crippen molar-refractivity contribution in [3.8, 4) is 0 Å². The smallest absolute Gasteiger partial charge is 0.220 e. The van der Waals surface area contributed by atoms with Gasteiger partial charge in [-0.15, -0.1) is 0 Å². The van der Waals surface area contributed by atoms with Crippen molar-refractivity contribution in [3.63, 3.8) is 0 Å². The lowest BCUT2D eigenvalue weighted by molar-refractivity contribution is -0.119. The maximum atomic E-state index is 11.5. The van der Waals surface area contributed by atoms with Gasteiger partial charge in [-0.2, -0.15) is 0 Å². The van der Waals surface area contributed by atoms with Gasteiger partial charge in [0.2, 0.25) is 5.91 Å². The van der Waals surface area contributed by atoms with E-state index in [0.29, 0.717) is 5.92 Å². The normalized spacial score (nSPS) is 27.1. The highest BCUT2D eigenvalue weighted by atomic mass is 16.1. The van der Waals surface area contributed by atoms with E-state index in [2.05, 4.69) is 35.6 Å². The van der Waals surface area contributed by atoms with Gasteiger partial charge in [0.15, 0.2) is 0 Å². The summed E-state index contributed by atoms with van der Waals surface area (Å²) >= 11 is 0. The van der Waals surface area contributed by atoms with Crippen LogP contribution >= 0.6 is 0 Å². The summed E-state index contributed by atoms with van der Waals surface area (Å²) in [4.78, 5) is 11.5. The Labute approximate surface area is 102 Å². The van der Waals surface area contributed by atoms with Gasteiger partial charge in [-0.1, -0.05) is 43.2 Å². The second-order valence-electron chi connectivity index (χ2n) is 5.43. The first-order valence-corrected chi connectivity index (χ1v) is 6.63. The molecule has 0 bridgehead atoms. The Morgan fingerprint density at radius 3 is 2.41 bits per heavy atom. The van der Waals surface area contributed by atoms with Crippen LogP contribution in [0.3, 0.4) is 0 Å². The van der Waals surface area contributed by atoms with E-state index in [1.807, 2.05) is 0 Å². The SMILES string of the molecule is O=C1CC(C2(c3ccccc3)CCCC2)CN1. The van der Waals surface area contributed by atoms with Gasteiger partial charge in [0.05, 0.1) is 0 Å². The third-order valence-corrected chi connectivity index (χ3v) is 4.60. The fourth-order valence-corrected chi connectivity index (χ4v) is 3.70. The molecule has 1 aliphatic carbocycles. The Morgan fingerprint density at radius 1 is 1.12 bits per heavy atom. The minimum absolute atomic E-state index is 0.234. The van der Waals surface area contributed by atoms with Crippen LogP contribution in [0.4, 0.5) is 0 Å². The van der Waals surface area contributed by atoms with E-state index in [9.17, 15) is 4.79 Å². The van der Waals surface area contributed by atoms with Crippen molar-refractivity contribution < 1.29 is 4.79 Å². The molecule has 1 aliphatic heterocycles. The Balaban J connectivity index is 1.96. The van der Waals surface area contributed by atoms with Crippen LogP contribution in [0.5, 0.6) is 0 Å². The van der Waals surface area contributed by atoms with Gasteiger partial charge in [-0.05, 0) is 24.3 Å². The third kappa shape index (κ3) is 1.76. The van der Waals surface area contributed by atoms with E-state index in [4.69, 9.17) is 0 Å². The quantitative estimate of drug-likeness (QED) is 0.830. The molecule has 0 spiro atoms. The summed E-state index contributed by atoms with van der Waals surface area (Å²) in [6.07, 6.45) is 5.82. The molecule has 17 heavy (non-hydrogen) atoms. The Hall–Kier alpha value is -1.31. The molecular formula is C15H19NO. The van der Waals surface area contributed by atoms with E-state index >= 15 is 0 Å². The highest BCUT2D eigenvalue weighted by Gasteiger charge is 2.45. The molecule has 1 N–H and O–H groups in total. The molecule has 2 aliphatic rings. The summed E-state index contributed by atoms with van der Waals surface area (Å²) in [5.41, 5.74) is 1.71. The number of benzene rings is 1. The van der Waals surface area contributed by atoms with E-state index in [1.54, 1.807) is 0 Å². The maximum absolute atomic E-state index is 11.5. The van der Waals surface area contributed by atoms with Crippen molar-refractivity contribution in [1.29, 1.82) is 0 Å². The van der Waals surface area contributed by atoms with E-state index in [-0.39, 0.29) is 11.3 Å². The van der Waals surface area contributed by atoms with Crippen molar-refractivity contribution in [2.75, 3.05) is 6.54 Å². The van der Waals surface area contributed by atoms with Crippen LogP contribution in [-0.2, 0) is 10.2 Å². The van der Waals surface area contributed by atoms with Crippen LogP contribution in [0, 0.1) is 5.92 Å². The lowest BCUT2D eigenvalue weighted by Gasteiger charge is -2.35. The van der Waals surface area contributed by atoms with Crippen LogP contribution < -0.4 is 5.32 Å². The van der Waals surface area contributed by atoms with Gasteiger partial charge in [0, 0.05) is 18.4 Å². The second kappa shape index (κ2) is 4.17. The van der Waals surface area contributed by atoms with Gasteiger partial charge >= 0.3 is 0 Å². The lowest BCUT2D eigenvalue weighted by Crippen LogP contribution is -2.33. The van der Waals surface area contributed by atoms with Crippen molar-refractivity contribution >= 4 is 5.91 Å². The first-order valence-electron chi connectivity index (χ1n) is 6.63. The summed E-state index contributed by atoms with van der Waals surface area (Å²) in [5.74, 6) is 0.733. The molecule has 2 fully saturated rings. The molecule has 1 atom stereocenters. The molecule has 2 heteroatoms. The fourth-order valence-electron chi connectivity index (χ4n) is 3.70. The predicted molar refractivity (Wildman–Crippen MR) is 67.7 cm³/mol. The number of carbonyl (C=O) groups excluding carboxylic acids is 1. The van der Waals surface area contributed by atoms with Gasteiger partial charge in [-0.25, -0.2) is 0 Å². The Bertz CT molecular complexity index is 406. The maximum Gasteiger partial charge on any atom is 0.220 e. The molecule has 1 aromatic rings. The summed E-state index contributed by atoms with van der Waals surface area (Å²) in [5, 5.41) is 3.00. The van der Waals surface area contributed by atoms with Gasteiger partial charge in [0.1, 0.15) is 0 Å².